The van der Waals surface area contributed by atoms with Gasteiger partial charge in [0.2, 0.25) is 6.79 Å². The minimum Gasteiger partial charge on any atom is -0.493 e. The van der Waals surface area contributed by atoms with E-state index in [1.165, 1.54) is 7.11 Å². The van der Waals surface area contributed by atoms with Crippen LogP contribution in [0.3, 0.4) is 0 Å². The van der Waals surface area contributed by atoms with Crippen LogP contribution in [0.2, 0.25) is 0 Å². The monoisotopic (exact) mass is 421 g/mol. The maximum Gasteiger partial charge on any atom is 0.306 e. The third-order valence-electron chi connectivity index (χ3n) is 4.33. The molecule has 0 saturated carbocycles. The van der Waals surface area contributed by atoms with Crippen molar-refractivity contribution in [1.29, 1.82) is 0 Å². The summed E-state index contributed by atoms with van der Waals surface area (Å²) in [6, 6.07) is 9.88. The maximum absolute atomic E-state index is 13.1. The van der Waals surface area contributed by atoms with Crippen molar-refractivity contribution >= 4 is 16.0 Å². The molecule has 2 aromatic rings. The molecule has 0 fully saturated rings. The van der Waals surface area contributed by atoms with E-state index < -0.39 is 10.1 Å². The van der Waals surface area contributed by atoms with Crippen molar-refractivity contribution in [2.24, 2.45) is 0 Å². The van der Waals surface area contributed by atoms with Gasteiger partial charge in [-0.15, -0.1) is 0 Å². The minimum atomic E-state index is -3.72. The fourth-order valence-corrected chi connectivity index (χ4v) is 3.39. The minimum absolute atomic E-state index is 0.0757. The molecule has 1 heterocycles. The molecule has 0 aliphatic carbocycles. The van der Waals surface area contributed by atoms with E-state index in [1.54, 1.807) is 41.3 Å². The number of methoxy groups -OCH3 is 1. The van der Waals surface area contributed by atoms with Crippen LogP contribution in [0.5, 0.6) is 23.0 Å². The standard InChI is InChI=1S/C20H23NO7S/c1-13(2)21(20(22)15-6-8-17-18(10-15)27-12-26-17)11-14-5-7-16(25-3)19(9-14)28-29(4,23)24/h5-10,13H,11-12H2,1-4H3. The molecule has 8 nitrogen and oxygen atoms in total. The SMILES string of the molecule is COc1ccc(CN(C(=O)c2ccc3c(c2)OCO3)C(C)C)cc1OS(C)(=O)=O. The summed E-state index contributed by atoms with van der Waals surface area (Å²) in [7, 11) is -2.30. The number of fused-ring (bicyclic) bond motifs is 1. The number of amides is 1. The third-order valence-corrected chi connectivity index (χ3v) is 4.81. The molecule has 0 aromatic heterocycles. The number of nitrogens with zero attached hydrogens (tertiary/aromatic N) is 1. The molecular weight excluding hydrogens is 398 g/mol. The van der Waals surface area contributed by atoms with Crippen LogP contribution in [0, 0.1) is 0 Å². The number of benzene rings is 2. The van der Waals surface area contributed by atoms with Gasteiger partial charge in [0.1, 0.15) is 0 Å². The average molecular weight is 421 g/mol. The van der Waals surface area contributed by atoms with E-state index in [4.69, 9.17) is 18.4 Å². The second-order valence-electron chi connectivity index (χ2n) is 6.87. The first-order valence-electron chi connectivity index (χ1n) is 8.95. The molecule has 9 heteroatoms. The average Bonchev–Trinajstić information content (AvgIpc) is 3.12. The van der Waals surface area contributed by atoms with Gasteiger partial charge >= 0.3 is 10.1 Å². The largest absolute Gasteiger partial charge is 0.493 e. The topological polar surface area (TPSA) is 91.4 Å². The zero-order valence-corrected chi connectivity index (χ0v) is 17.5. The summed E-state index contributed by atoms with van der Waals surface area (Å²) in [5, 5.41) is 0. The summed E-state index contributed by atoms with van der Waals surface area (Å²) < 4.78 is 43.9. The summed E-state index contributed by atoms with van der Waals surface area (Å²) in [4.78, 5) is 14.8. The molecule has 0 bridgehead atoms. The zero-order valence-electron chi connectivity index (χ0n) is 16.7. The van der Waals surface area contributed by atoms with Crippen molar-refractivity contribution in [1.82, 2.24) is 4.90 Å². The molecule has 156 valence electrons. The number of rotatable bonds is 7. The van der Waals surface area contributed by atoms with Crippen LogP contribution in [0.15, 0.2) is 36.4 Å². The van der Waals surface area contributed by atoms with E-state index in [9.17, 15) is 13.2 Å². The Hall–Kier alpha value is -2.94. The Morgan fingerprint density at radius 2 is 1.83 bits per heavy atom. The highest BCUT2D eigenvalue weighted by atomic mass is 32.2. The van der Waals surface area contributed by atoms with Crippen LogP contribution in [-0.2, 0) is 16.7 Å². The summed E-state index contributed by atoms with van der Waals surface area (Å²) in [5.41, 5.74) is 1.18. The Morgan fingerprint density at radius 1 is 1.10 bits per heavy atom. The first-order valence-corrected chi connectivity index (χ1v) is 10.8. The molecular formula is C20H23NO7S. The Bertz CT molecular complexity index is 1020. The maximum atomic E-state index is 13.1. The summed E-state index contributed by atoms with van der Waals surface area (Å²) in [5.74, 6) is 1.33. The number of carbonyl (C=O) groups excluding carboxylic acids is 1. The van der Waals surface area contributed by atoms with Gasteiger partial charge in [-0.1, -0.05) is 6.07 Å². The van der Waals surface area contributed by atoms with Crippen molar-refractivity contribution in [2.75, 3.05) is 20.2 Å². The molecule has 29 heavy (non-hydrogen) atoms. The highest BCUT2D eigenvalue weighted by molar-refractivity contribution is 7.86. The molecule has 1 aliphatic rings. The lowest BCUT2D eigenvalue weighted by Crippen LogP contribution is -2.36. The van der Waals surface area contributed by atoms with E-state index in [0.29, 0.717) is 22.6 Å². The van der Waals surface area contributed by atoms with Crippen molar-refractivity contribution in [3.05, 3.63) is 47.5 Å². The smallest absolute Gasteiger partial charge is 0.306 e. The molecule has 3 rings (SSSR count). The van der Waals surface area contributed by atoms with Crippen molar-refractivity contribution in [3.8, 4) is 23.0 Å². The van der Waals surface area contributed by atoms with E-state index >= 15 is 0 Å². The number of carbonyl (C=O) groups is 1. The van der Waals surface area contributed by atoms with Crippen LogP contribution in [0.1, 0.15) is 29.8 Å². The van der Waals surface area contributed by atoms with Crippen molar-refractivity contribution < 1.29 is 31.6 Å². The van der Waals surface area contributed by atoms with Crippen LogP contribution in [0.25, 0.3) is 0 Å². The van der Waals surface area contributed by atoms with Gasteiger partial charge in [-0.05, 0) is 49.7 Å². The Balaban J connectivity index is 1.87. The van der Waals surface area contributed by atoms with E-state index in [-0.39, 0.29) is 36.8 Å². The molecule has 1 aliphatic heterocycles. The predicted molar refractivity (Wildman–Crippen MR) is 106 cm³/mol. The normalized spacial score (nSPS) is 12.7. The number of hydrogen-bond donors (Lipinski definition) is 0. The molecule has 0 unspecified atom stereocenters. The second-order valence-corrected chi connectivity index (χ2v) is 8.44. The molecule has 0 N–H and O–H groups in total. The van der Waals surface area contributed by atoms with Crippen molar-refractivity contribution in [2.45, 2.75) is 26.4 Å². The summed E-state index contributed by atoms with van der Waals surface area (Å²) in [6.07, 6.45) is 0.961. The molecule has 0 spiro atoms. The Morgan fingerprint density at radius 3 is 2.48 bits per heavy atom. The van der Waals surface area contributed by atoms with Gasteiger partial charge in [-0.2, -0.15) is 8.42 Å². The molecule has 2 aromatic carbocycles. The molecule has 0 radical (unpaired) electrons. The lowest BCUT2D eigenvalue weighted by Gasteiger charge is -2.27. The predicted octanol–water partition coefficient (Wildman–Crippen LogP) is 2.81. The first-order chi connectivity index (χ1) is 13.7. The van der Waals surface area contributed by atoms with E-state index in [0.717, 1.165) is 6.26 Å². The van der Waals surface area contributed by atoms with Gasteiger partial charge in [0.25, 0.3) is 5.91 Å². The molecule has 0 saturated heterocycles. The summed E-state index contributed by atoms with van der Waals surface area (Å²) in [6.45, 7) is 4.20. The highest BCUT2D eigenvalue weighted by Gasteiger charge is 2.23. The van der Waals surface area contributed by atoms with Crippen LogP contribution in [0.4, 0.5) is 0 Å². The zero-order chi connectivity index (χ0) is 21.2. The first kappa shape index (κ1) is 20.8. The summed E-state index contributed by atoms with van der Waals surface area (Å²) >= 11 is 0. The van der Waals surface area contributed by atoms with Gasteiger partial charge in [0, 0.05) is 18.2 Å². The van der Waals surface area contributed by atoms with Gasteiger partial charge < -0.3 is 23.3 Å². The van der Waals surface area contributed by atoms with Crippen LogP contribution >= 0.6 is 0 Å². The van der Waals surface area contributed by atoms with Crippen LogP contribution in [-0.4, -0.2) is 45.4 Å². The highest BCUT2D eigenvalue weighted by Crippen LogP contribution is 2.33. The fourth-order valence-electron chi connectivity index (χ4n) is 2.93. The molecule has 1 amide bonds. The lowest BCUT2D eigenvalue weighted by molar-refractivity contribution is 0.0689. The quantitative estimate of drug-likeness (QED) is 0.635. The fraction of sp³-hybridized carbons (Fsp3) is 0.350. The third kappa shape index (κ3) is 4.92. The van der Waals surface area contributed by atoms with Gasteiger partial charge in [0.15, 0.2) is 23.0 Å². The van der Waals surface area contributed by atoms with E-state index in [1.807, 2.05) is 13.8 Å². The van der Waals surface area contributed by atoms with E-state index in [2.05, 4.69) is 0 Å². The van der Waals surface area contributed by atoms with Gasteiger partial charge in [-0.25, -0.2) is 0 Å². The molecule has 0 atom stereocenters. The Labute approximate surface area is 170 Å². The Kier molecular flexibility index (Phi) is 5.88. The van der Waals surface area contributed by atoms with Gasteiger partial charge in [0.05, 0.1) is 13.4 Å². The lowest BCUT2D eigenvalue weighted by atomic mass is 10.1. The number of ether oxygens (including phenoxy) is 3. The number of hydrogen-bond acceptors (Lipinski definition) is 7. The van der Waals surface area contributed by atoms with Crippen LogP contribution < -0.4 is 18.4 Å². The second kappa shape index (κ2) is 8.20. The van der Waals surface area contributed by atoms with Crippen molar-refractivity contribution in [3.63, 3.8) is 0 Å². The van der Waals surface area contributed by atoms with Gasteiger partial charge in [-0.3, -0.25) is 4.79 Å².